The van der Waals surface area contributed by atoms with Gasteiger partial charge in [0.05, 0.1) is 25.0 Å². The Morgan fingerprint density at radius 2 is 1.89 bits per heavy atom. The van der Waals surface area contributed by atoms with E-state index in [0.717, 1.165) is 22.9 Å². The molecule has 0 amide bonds. The van der Waals surface area contributed by atoms with Crippen LogP contribution < -0.4 is 15.2 Å². The molecule has 2 rings (SSSR count). The van der Waals surface area contributed by atoms with Crippen LogP contribution in [0.4, 0.5) is 0 Å². The zero-order chi connectivity index (χ0) is 13.7. The fourth-order valence-electron chi connectivity index (χ4n) is 1.72. The van der Waals surface area contributed by atoms with E-state index in [1.807, 2.05) is 31.2 Å². The van der Waals surface area contributed by atoms with Gasteiger partial charge in [0, 0.05) is 6.54 Å². The van der Waals surface area contributed by atoms with E-state index >= 15 is 0 Å². The SMILES string of the molecule is COc1ccc(OCCn2nnc(CN)c2C)cc1. The van der Waals surface area contributed by atoms with Crippen molar-refractivity contribution in [3.8, 4) is 11.5 Å². The Balaban J connectivity index is 1.87. The lowest BCUT2D eigenvalue weighted by atomic mass is 10.3. The number of aromatic nitrogens is 3. The Kier molecular flexibility index (Phi) is 4.35. The first-order chi connectivity index (χ1) is 9.24. The molecule has 0 unspecified atom stereocenters. The summed E-state index contributed by atoms with van der Waals surface area (Å²) in [6.07, 6.45) is 0. The molecular weight excluding hydrogens is 244 g/mol. The monoisotopic (exact) mass is 262 g/mol. The van der Waals surface area contributed by atoms with Gasteiger partial charge in [0.1, 0.15) is 18.1 Å². The number of methoxy groups -OCH3 is 1. The maximum Gasteiger partial charge on any atom is 0.119 e. The molecule has 0 atom stereocenters. The van der Waals surface area contributed by atoms with Crippen LogP contribution in [0.1, 0.15) is 11.4 Å². The molecule has 1 aromatic carbocycles. The number of benzene rings is 1. The normalized spacial score (nSPS) is 10.5. The van der Waals surface area contributed by atoms with Crippen molar-refractivity contribution in [1.82, 2.24) is 15.0 Å². The zero-order valence-corrected chi connectivity index (χ0v) is 11.2. The molecule has 6 heteroatoms. The predicted molar refractivity (Wildman–Crippen MR) is 71.1 cm³/mol. The summed E-state index contributed by atoms with van der Waals surface area (Å²) in [4.78, 5) is 0. The van der Waals surface area contributed by atoms with Crippen LogP contribution in [-0.2, 0) is 13.1 Å². The van der Waals surface area contributed by atoms with Gasteiger partial charge in [-0.25, -0.2) is 4.68 Å². The van der Waals surface area contributed by atoms with Crippen molar-refractivity contribution in [1.29, 1.82) is 0 Å². The van der Waals surface area contributed by atoms with Gasteiger partial charge in [-0.2, -0.15) is 0 Å². The second-order valence-electron chi connectivity index (χ2n) is 4.07. The van der Waals surface area contributed by atoms with E-state index in [4.69, 9.17) is 15.2 Å². The molecule has 0 aliphatic rings. The van der Waals surface area contributed by atoms with Crippen molar-refractivity contribution in [2.24, 2.45) is 5.73 Å². The zero-order valence-electron chi connectivity index (χ0n) is 11.2. The van der Waals surface area contributed by atoms with E-state index in [1.165, 1.54) is 0 Å². The maximum absolute atomic E-state index is 5.63. The third-order valence-electron chi connectivity index (χ3n) is 2.90. The summed E-state index contributed by atoms with van der Waals surface area (Å²) in [6, 6.07) is 7.47. The van der Waals surface area contributed by atoms with Gasteiger partial charge in [0.2, 0.25) is 0 Å². The summed E-state index contributed by atoms with van der Waals surface area (Å²) < 4.78 is 12.5. The molecule has 0 radical (unpaired) electrons. The number of nitrogens with two attached hydrogens (primary N) is 1. The largest absolute Gasteiger partial charge is 0.497 e. The van der Waals surface area contributed by atoms with Crippen LogP contribution >= 0.6 is 0 Å². The summed E-state index contributed by atoms with van der Waals surface area (Å²) in [5.41, 5.74) is 7.36. The highest BCUT2D eigenvalue weighted by atomic mass is 16.5. The Morgan fingerprint density at radius 1 is 1.21 bits per heavy atom. The average Bonchev–Trinajstić information content (AvgIpc) is 2.80. The Morgan fingerprint density at radius 3 is 2.47 bits per heavy atom. The predicted octanol–water partition coefficient (Wildman–Crippen LogP) is 1.13. The molecule has 2 N–H and O–H groups in total. The fourth-order valence-corrected chi connectivity index (χ4v) is 1.72. The van der Waals surface area contributed by atoms with Crippen molar-refractivity contribution in [3.63, 3.8) is 0 Å². The first kappa shape index (κ1) is 13.4. The highest BCUT2D eigenvalue weighted by Gasteiger charge is 2.06. The molecule has 0 spiro atoms. The summed E-state index contributed by atoms with van der Waals surface area (Å²) in [5, 5.41) is 8.03. The smallest absolute Gasteiger partial charge is 0.119 e. The molecule has 6 nitrogen and oxygen atoms in total. The van der Waals surface area contributed by atoms with Gasteiger partial charge in [-0.05, 0) is 31.2 Å². The Bertz CT molecular complexity index is 522. The minimum atomic E-state index is 0.408. The van der Waals surface area contributed by atoms with E-state index in [1.54, 1.807) is 11.8 Å². The second-order valence-corrected chi connectivity index (χ2v) is 4.07. The minimum Gasteiger partial charge on any atom is -0.497 e. The number of nitrogens with zero attached hydrogens (tertiary/aromatic N) is 3. The molecule has 0 aliphatic heterocycles. The van der Waals surface area contributed by atoms with Gasteiger partial charge in [-0.1, -0.05) is 5.21 Å². The van der Waals surface area contributed by atoms with Gasteiger partial charge in [0.25, 0.3) is 0 Å². The van der Waals surface area contributed by atoms with Crippen LogP contribution in [0.3, 0.4) is 0 Å². The van der Waals surface area contributed by atoms with Gasteiger partial charge >= 0.3 is 0 Å². The number of ether oxygens (including phenoxy) is 2. The molecule has 102 valence electrons. The van der Waals surface area contributed by atoms with Gasteiger partial charge in [-0.3, -0.25) is 0 Å². The van der Waals surface area contributed by atoms with Crippen LogP contribution in [0.15, 0.2) is 24.3 Å². The van der Waals surface area contributed by atoms with Crippen LogP contribution in [0.5, 0.6) is 11.5 Å². The molecule has 2 aromatic rings. The van der Waals surface area contributed by atoms with Crippen molar-refractivity contribution >= 4 is 0 Å². The summed E-state index contributed by atoms with van der Waals surface area (Å²) in [5.74, 6) is 1.62. The second kappa shape index (κ2) is 6.19. The van der Waals surface area contributed by atoms with E-state index in [9.17, 15) is 0 Å². The molecule has 1 aromatic heterocycles. The van der Waals surface area contributed by atoms with Crippen LogP contribution in [-0.4, -0.2) is 28.7 Å². The van der Waals surface area contributed by atoms with E-state index < -0.39 is 0 Å². The van der Waals surface area contributed by atoms with Gasteiger partial charge < -0.3 is 15.2 Å². The highest BCUT2D eigenvalue weighted by Crippen LogP contribution is 2.16. The minimum absolute atomic E-state index is 0.408. The molecular formula is C13H18N4O2. The molecule has 0 fully saturated rings. The summed E-state index contributed by atoms with van der Waals surface area (Å²) >= 11 is 0. The number of hydrogen-bond acceptors (Lipinski definition) is 5. The lowest BCUT2D eigenvalue weighted by Crippen LogP contribution is -2.11. The highest BCUT2D eigenvalue weighted by molar-refractivity contribution is 5.31. The van der Waals surface area contributed by atoms with Crippen molar-refractivity contribution in [2.75, 3.05) is 13.7 Å². The van der Waals surface area contributed by atoms with Crippen LogP contribution in [0, 0.1) is 6.92 Å². The first-order valence-electron chi connectivity index (χ1n) is 6.10. The average molecular weight is 262 g/mol. The number of rotatable bonds is 6. The van der Waals surface area contributed by atoms with Crippen molar-refractivity contribution < 1.29 is 9.47 Å². The van der Waals surface area contributed by atoms with Gasteiger partial charge in [-0.15, -0.1) is 5.10 Å². The summed E-state index contributed by atoms with van der Waals surface area (Å²) in [6.45, 7) is 3.53. The van der Waals surface area contributed by atoms with Crippen molar-refractivity contribution in [3.05, 3.63) is 35.7 Å². The Labute approximate surface area is 112 Å². The molecule has 19 heavy (non-hydrogen) atoms. The number of hydrogen-bond donors (Lipinski definition) is 1. The molecule has 1 heterocycles. The molecule has 0 saturated heterocycles. The molecule has 0 saturated carbocycles. The Hall–Kier alpha value is -2.08. The topological polar surface area (TPSA) is 75.2 Å². The molecule has 0 aliphatic carbocycles. The standard InChI is InChI=1S/C13H18N4O2/c1-10-13(9-14)15-16-17(10)7-8-19-12-5-3-11(18-2)4-6-12/h3-6H,7-9,14H2,1-2H3. The molecule has 0 bridgehead atoms. The third kappa shape index (κ3) is 3.23. The van der Waals surface area contributed by atoms with E-state index in [0.29, 0.717) is 19.7 Å². The lowest BCUT2D eigenvalue weighted by molar-refractivity contribution is 0.287. The van der Waals surface area contributed by atoms with E-state index in [2.05, 4.69) is 10.3 Å². The third-order valence-corrected chi connectivity index (χ3v) is 2.90. The maximum atomic E-state index is 5.63. The quantitative estimate of drug-likeness (QED) is 0.844. The van der Waals surface area contributed by atoms with Crippen LogP contribution in [0.25, 0.3) is 0 Å². The van der Waals surface area contributed by atoms with Crippen molar-refractivity contribution in [2.45, 2.75) is 20.0 Å². The van der Waals surface area contributed by atoms with Crippen LogP contribution in [0.2, 0.25) is 0 Å². The first-order valence-corrected chi connectivity index (χ1v) is 6.10. The lowest BCUT2D eigenvalue weighted by Gasteiger charge is -2.07. The van der Waals surface area contributed by atoms with Gasteiger partial charge in [0.15, 0.2) is 0 Å². The fraction of sp³-hybridized carbons (Fsp3) is 0.385. The van der Waals surface area contributed by atoms with E-state index in [-0.39, 0.29) is 0 Å². The summed E-state index contributed by atoms with van der Waals surface area (Å²) in [7, 11) is 1.64.